The summed E-state index contributed by atoms with van der Waals surface area (Å²) in [5.41, 5.74) is 0. The maximum absolute atomic E-state index is 11.5. The molecule has 1 aromatic rings. The van der Waals surface area contributed by atoms with E-state index in [1.807, 2.05) is 13.0 Å². The molecule has 0 unspecified atom stereocenters. The first kappa shape index (κ1) is 12.2. The van der Waals surface area contributed by atoms with E-state index in [2.05, 4.69) is 20.6 Å². The summed E-state index contributed by atoms with van der Waals surface area (Å²) >= 11 is 1.44. The van der Waals surface area contributed by atoms with Crippen molar-refractivity contribution in [2.45, 2.75) is 30.8 Å². The maximum atomic E-state index is 11.5. The number of aromatic nitrogens is 2. The number of amides is 1. The van der Waals surface area contributed by atoms with Crippen molar-refractivity contribution in [2.24, 2.45) is 0 Å². The molecule has 1 saturated carbocycles. The molecule has 0 bridgehead atoms. The molecule has 2 rings (SSSR count). The highest BCUT2D eigenvalue weighted by Gasteiger charge is 2.23. The number of anilines is 1. The second-order valence-corrected chi connectivity index (χ2v) is 4.90. The molecule has 1 aromatic heterocycles. The number of hydrogen-bond acceptors (Lipinski definition) is 5. The van der Waals surface area contributed by atoms with Crippen LogP contribution in [0.4, 0.5) is 5.82 Å². The van der Waals surface area contributed by atoms with Gasteiger partial charge in [0, 0.05) is 18.7 Å². The van der Waals surface area contributed by atoms with E-state index in [4.69, 9.17) is 0 Å². The van der Waals surface area contributed by atoms with Crippen LogP contribution in [0.3, 0.4) is 0 Å². The van der Waals surface area contributed by atoms with E-state index in [0.717, 1.165) is 30.2 Å². The molecule has 1 fully saturated rings. The van der Waals surface area contributed by atoms with Gasteiger partial charge < -0.3 is 10.6 Å². The Morgan fingerprint density at radius 3 is 3.06 bits per heavy atom. The minimum Gasteiger partial charge on any atom is -0.370 e. The Balaban J connectivity index is 1.80. The molecule has 92 valence electrons. The summed E-state index contributed by atoms with van der Waals surface area (Å²) in [5, 5.41) is 6.88. The van der Waals surface area contributed by atoms with Crippen molar-refractivity contribution in [3.63, 3.8) is 0 Å². The molecule has 1 heterocycles. The molecule has 2 N–H and O–H groups in total. The van der Waals surface area contributed by atoms with Crippen molar-refractivity contribution in [1.29, 1.82) is 0 Å². The van der Waals surface area contributed by atoms with Gasteiger partial charge in [-0.05, 0) is 19.8 Å². The van der Waals surface area contributed by atoms with Gasteiger partial charge in [0.25, 0.3) is 0 Å². The second kappa shape index (κ2) is 5.86. The second-order valence-electron chi connectivity index (χ2n) is 3.90. The summed E-state index contributed by atoms with van der Waals surface area (Å²) in [6.45, 7) is 2.83. The lowest BCUT2D eigenvalue weighted by Gasteiger charge is -2.05. The largest absolute Gasteiger partial charge is 0.370 e. The van der Waals surface area contributed by atoms with Crippen molar-refractivity contribution in [3.8, 4) is 0 Å². The molecule has 17 heavy (non-hydrogen) atoms. The van der Waals surface area contributed by atoms with Crippen LogP contribution in [0, 0.1) is 0 Å². The average Bonchev–Trinajstić information content (AvgIpc) is 3.11. The van der Waals surface area contributed by atoms with Gasteiger partial charge in [0.15, 0.2) is 0 Å². The number of thioether (sulfide) groups is 1. The van der Waals surface area contributed by atoms with E-state index < -0.39 is 0 Å². The molecule has 0 atom stereocenters. The zero-order chi connectivity index (χ0) is 12.1. The molecule has 1 aliphatic rings. The Morgan fingerprint density at radius 1 is 1.53 bits per heavy atom. The smallest absolute Gasteiger partial charge is 0.230 e. The van der Waals surface area contributed by atoms with Crippen LogP contribution in [0.15, 0.2) is 17.4 Å². The minimum atomic E-state index is 0.0844. The zero-order valence-electron chi connectivity index (χ0n) is 9.77. The highest BCUT2D eigenvalue weighted by molar-refractivity contribution is 7.99. The molecule has 0 saturated heterocycles. The van der Waals surface area contributed by atoms with Gasteiger partial charge in [-0.2, -0.15) is 0 Å². The molecule has 0 aromatic carbocycles. The number of nitrogens with zero attached hydrogens (tertiary/aromatic N) is 2. The van der Waals surface area contributed by atoms with E-state index in [0.29, 0.717) is 11.8 Å². The number of hydrogen-bond donors (Lipinski definition) is 2. The molecular formula is C11H16N4OS. The normalized spacial score (nSPS) is 14.4. The summed E-state index contributed by atoms with van der Waals surface area (Å²) in [4.78, 5) is 19.7. The zero-order valence-corrected chi connectivity index (χ0v) is 10.6. The Kier molecular flexibility index (Phi) is 4.19. The monoisotopic (exact) mass is 252 g/mol. The van der Waals surface area contributed by atoms with Gasteiger partial charge >= 0.3 is 0 Å². The topological polar surface area (TPSA) is 66.9 Å². The molecule has 1 amide bonds. The van der Waals surface area contributed by atoms with Gasteiger partial charge in [0.1, 0.15) is 17.2 Å². The van der Waals surface area contributed by atoms with Crippen LogP contribution in [0.1, 0.15) is 19.8 Å². The number of rotatable bonds is 6. The number of carbonyl (C=O) groups excluding carboxylic acids is 1. The molecule has 1 aliphatic carbocycles. The van der Waals surface area contributed by atoms with Crippen LogP contribution in [0.5, 0.6) is 0 Å². The molecule has 5 nitrogen and oxygen atoms in total. The lowest BCUT2D eigenvalue weighted by atomic mass is 10.5. The molecule has 0 spiro atoms. The minimum absolute atomic E-state index is 0.0844. The third-order valence-corrected chi connectivity index (χ3v) is 3.22. The van der Waals surface area contributed by atoms with Crippen molar-refractivity contribution >= 4 is 23.5 Å². The van der Waals surface area contributed by atoms with Crippen molar-refractivity contribution < 1.29 is 4.79 Å². The first-order valence-corrected chi connectivity index (χ1v) is 6.74. The van der Waals surface area contributed by atoms with Crippen molar-refractivity contribution in [1.82, 2.24) is 15.3 Å². The van der Waals surface area contributed by atoms with Crippen LogP contribution in [0.2, 0.25) is 0 Å². The van der Waals surface area contributed by atoms with Crippen LogP contribution in [-0.2, 0) is 4.79 Å². The van der Waals surface area contributed by atoms with Crippen molar-refractivity contribution in [2.75, 3.05) is 17.6 Å². The van der Waals surface area contributed by atoms with Gasteiger partial charge in [-0.15, -0.1) is 0 Å². The molecule has 0 radical (unpaired) electrons. The first-order chi connectivity index (χ1) is 8.28. The summed E-state index contributed by atoms with van der Waals surface area (Å²) in [6, 6.07) is 2.28. The predicted molar refractivity (Wildman–Crippen MR) is 68.1 cm³/mol. The van der Waals surface area contributed by atoms with E-state index in [1.165, 1.54) is 18.1 Å². The third-order valence-electron chi connectivity index (χ3n) is 2.29. The SMILES string of the molecule is CCNc1cc(SCC(=O)NC2CC2)ncn1. The van der Waals surface area contributed by atoms with Gasteiger partial charge in [-0.25, -0.2) is 9.97 Å². The lowest BCUT2D eigenvalue weighted by Crippen LogP contribution is -2.27. The van der Waals surface area contributed by atoms with Gasteiger partial charge in [0.05, 0.1) is 5.75 Å². The van der Waals surface area contributed by atoms with Gasteiger partial charge in [-0.1, -0.05) is 11.8 Å². The van der Waals surface area contributed by atoms with Crippen LogP contribution < -0.4 is 10.6 Å². The standard InChI is InChI=1S/C11H16N4OS/c1-2-12-9-5-11(14-7-13-9)17-6-10(16)15-8-3-4-8/h5,7-8H,2-4,6H2,1H3,(H,15,16)(H,12,13,14). The Hall–Kier alpha value is -1.30. The Labute approximate surface area is 105 Å². The fourth-order valence-electron chi connectivity index (χ4n) is 1.33. The van der Waals surface area contributed by atoms with Crippen molar-refractivity contribution in [3.05, 3.63) is 12.4 Å². The van der Waals surface area contributed by atoms with Crippen LogP contribution in [0.25, 0.3) is 0 Å². The average molecular weight is 252 g/mol. The van der Waals surface area contributed by atoms with E-state index in [9.17, 15) is 4.79 Å². The highest BCUT2D eigenvalue weighted by atomic mass is 32.2. The van der Waals surface area contributed by atoms with Crippen LogP contribution in [-0.4, -0.2) is 34.2 Å². The number of nitrogens with one attached hydrogen (secondary N) is 2. The fourth-order valence-corrected chi connectivity index (χ4v) is 2.01. The quantitative estimate of drug-likeness (QED) is 0.589. The summed E-state index contributed by atoms with van der Waals surface area (Å²) in [7, 11) is 0. The summed E-state index contributed by atoms with van der Waals surface area (Å²) in [5.74, 6) is 1.30. The lowest BCUT2D eigenvalue weighted by molar-refractivity contribution is -0.118. The fraction of sp³-hybridized carbons (Fsp3) is 0.545. The van der Waals surface area contributed by atoms with E-state index in [-0.39, 0.29) is 5.91 Å². The Morgan fingerprint density at radius 2 is 2.35 bits per heavy atom. The van der Waals surface area contributed by atoms with Gasteiger partial charge in [-0.3, -0.25) is 4.79 Å². The van der Waals surface area contributed by atoms with E-state index in [1.54, 1.807) is 0 Å². The van der Waals surface area contributed by atoms with E-state index >= 15 is 0 Å². The summed E-state index contributed by atoms with van der Waals surface area (Å²) in [6.07, 6.45) is 3.75. The molecular weight excluding hydrogens is 236 g/mol. The Bertz CT molecular complexity index is 395. The highest BCUT2D eigenvalue weighted by Crippen LogP contribution is 2.20. The number of carbonyl (C=O) groups is 1. The van der Waals surface area contributed by atoms with Gasteiger partial charge in [0.2, 0.25) is 5.91 Å². The third kappa shape index (κ3) is 4.22. The maximum Gasteiger partial charge on any atom is 0.230 e. The van der Waals surface area contributed by atoms with Crippen LogP contribution >= 0.6 is 11.8 Å². The summed E-state index contributed by atoms with van der Waals surface area (Å²) < 4.78 is 0. The molecule has 6 heteroatoms. The first-order valence-electron chi connectivity index (χ1n) is 5.76. The molecule has 0 aliphatic heterocycles. The predicted octanol–water partition coefficient (Wildman–Crippen LogP) is 1.28.